The van der Waals surface area contributed by atoms with Crippen molar-refractivity contribution in [2.75, 3.05) is 31.1 Å². The molecular formula is C29H33F6N2O3P. The first-order chi connectivity index (χ1) is 18.3. The molecule has 5 nitrogen and oxygen atoms in total. The Labute approximate surface area is 233 Å². The van der Waals surface area contributed by atoms with Crippen LogP contribution in [0.15, 0.2) is 49.6 Å². The van der Waals surface area contributed by atoms with Gasteiger partial charge in [-0.15, -0.1) is 0 Å². The van der Waals surface area contributed by atoms with Crippen molar-refractivity contribution in [3.8, 4) is 0 Å². The van der Waals surface area contributed by atoms with Gasteiger partial charge in [-0.05, 0) is 52.3 Å². The van der Waals surface area contributed by atoms with Crippen LogP contribution in [0, 0.1) is 6.92 Å². The molecule has 41 heavy (non-hydrogen) atoms. The Bertz CT molecular complexity index is 1890. The minimum Gasteiger partial charge on any atom is -1.00 e. The fourth-order valence-corrected chi connectivity index (χ4v) is 5.37. The molecule has 6 aromatic rings. The maximum absolute atomic E-state index is 9.84. The molecular weight excluding hydrogens is 569 g/mol. The Morgan fingerprint density at radius 2 is 0.976 bits per heavy atom. The maximum atomic E-state index is 9.84. The minimum absolute atomic E-state index is 0. The average molecular weight is 603 g/mol. The fourth-order valence-electron chi connectivity index (χ4n) is 5.37. The van der Waals surface area contributed by atoms with E-state index in [0.717, 1.165) is 97.8 Å². The predicted octanol–water partition coefficient (Wildman–Crippen LogP) is 7.24. The van der Waals surface area contributed by atoms with Gasteiger partial charge in [0.15, 0.2) is 0 Å². The van der Waals surface area contributed by atoms with Crippen molar-refractivity contribution in [3.05, 3.63) is 47.3 Å². The van der Waals surface area contributed by atoms with E-state index < -0.39 is 8.16 Å². The number of hydrogen-bond donors (Lipinski definition) is 0. The quantitative estimate of drug-likeness (QED) is 0.0687. The van der Waals surface area contributed by atoms with Gasteiger partial charge in [0.25, 0.3) is 0 Å². The van der Waals surface area contributed by atoms with E-state index in [1.165, 1.54) is 0 Å². The van der Waals surface area contributed by atoms with Gasteiger partial charge in [-0.3, -0.25) is 0 Å². The van der Waals surface area contributed by atoms with Gasteiger partial charge < -0.3 is 22.9 Å². The summed E-state index contributed by atoms with van der Waals surface area (Å²) in [6.45, 7) is 14.5. The van der Waals surface area contributed by atoms with Crippen molar-refractivity contribution >= 4 is 68.9 Å². The zero-order valence-electron chi connectivity index (χ0n) is 22.6. The van der Waals surface area contributed by atoms with Gasteiger partial charge >= 0.3 is 29.1 Å². The number of hydrogen-bond acceptors (Lipinski definition) is 4. The number of nitrogens with zero attached hydrogens (tertiary/aromatic N) is 2. The Hall–Kier alpha value is -3.46. The molecule has 0 fully saturated rings. The summed E-state index contributed by atoms with van der Waals surface area (Å²) in [7, 11) is -8.55. The van der Waals surface area contributed by atoms with Gasteiger partial charge in [0.05, 0.1) is 28.3 Å². The second-order valence-corrected chi connectivity index (χ2v) is 10.7. The third-order valence-corrected chi connectivity index (χ3v) is 6.98. The molecule has 3 aromatic carbocycles. The van der Waals surface area contributed by atoms with Crippen molar-refractivity contribution in [3.63, 3.8) is 0 Å². The fraction of sp³-hybridized carbons (Fsp3) is 0.345. The molecule has 12 heteroatoms. The molecule has 0 unspecified atom stereocenters. The van der Waals surface area contributed by atoms with E-state index in [4.69, 9.17) is 13.3 Å². The minimum atomic E-state index is -8.55. The molecule has 0 aliphatic rings. The Kier molecular flexibility index (Phi) is 8.66. The van der Waals surface area contributed by atoms with Crippen molar-refractivity contribution in [2.45, 2.75) is 42.0 Å². The molecule has 0 saturated heterocycles. The first-order valence-corrected chi connectivity index (χ1v) is 14.5. The van der Waals surface area contributed by atoms with Crippen LogP contribution in [0.3, 0.4) is 0 Å². The summed E-state index contributed by atoms with van der Waals surface area (Å²) in [6, 6.07) is 12.8. The van der Waals surface area contributed by atoms with Gasteiger partial charge in [-0.25, -0.2) is 4.58 Å². The first-order valence-electron chi connectivity index (χ1n) is 12.8. The van der Waals surface area contributed by atoms with E-state index >= 15 is 0 Å². The third-order valence-electron chi connectivity index (χ3n) is 6.98. The smallest absolute Gasteiger partial charge is 1.00 e. The summed E-state index contributed by atoms with van der Waals surface area (Å²) in [6.07, 6.45) is 0. The van der Waals surface area contributed by atoms with Gasteiger partial charge in [-0.1, -0.05) is 7.43 Å². The summed E-state index contributed by atoms with van der Waals surface area (Å²) in [5.74, 6) is 0. The van der Waals surface area contributed by atoms with E-state index in [2.05, 4.69) is 80.5 Å². The van der Waals surface area contributed by atoms with E-state index in [1.54, 1.807) is 0 Å². The number of aryl methyl sites for hydroxylation is 1. The molecule has 0 spiro atoms. The van der Waals surface area contributed by atoms with Gasteiger partial charge in [0.2, 0.25) is 5.36 Å². The van der Waals surface area contributed by atoms with Crippen LogP contribution in [0.4, 0.5) is 26.7 Å². The van der Waals surface area contributed by atoms with Crippen LogP contribution in [0.25, 0.3) is 55.0 Å². The zero-order chi connectivity index (χ0) is 28.3. The number of rotatable bonds is 5. The normalized spacial score (nSPS) is 12.7. The molecule has 0 N–H and O–H groups in total. The molecule has 3 heterocycles. The summed E-state index contributed by atoms with van der Waals surface area (Å²) in [5.41, 5.74) is 7.31. The predicted molar refractivity (Wildman–Crippen MR) is 156 cm³/mol. The molecule has 0 atom stereocenters. The SMILES string of the molecule is C.CCN(CC)c1cc2oc3cc(C)cc4oc5cc(=[N+](CC)CC)cc6oc(c1)c2c(c34)c56.FP(F)(F)(F)F.[F-]. The molecule has 0 amide bonds. The van der Waals surface area contributed by atoms with Gasteiger partial charge in [-0.2, -0.15) is 0 Å². The van der Waals surface area contributed by atoms with Crippen LogP contribution in [0.2, 0.25) is 0 Å². The summed E-state index contributed by atoms with van der Waals surface area (Å²) < 4.78 is 71.1. The van der Waals surface area contributed by atoms with E-state index in [1.807, 2.05) is 0 Å². The van der Waals surface area contributed by atoms with Crippen LogP contribution in [-0.2, 0) is 0 Å². The second-order valence-electron chi connectivity index (χ2n) is 9.43. The largest absolute Gasteiger partial charge is 1.00 e. The van der Waals surface area contributed by atoms with Crippen molar-refractivity contribution < 1.29 is 38.9 Å². The summed E-state index contributed by atoms with van der Waals surface area (Å²) in [5, 5.41) is 5.35. The Morgan fingerprint density at radius 1 is 0.634 bits per heavy atom. The average Bonchev–Trinajstić information content (AvgIpc) is 2.83. The Morgan fingerprint density at radius 3 is 1.32 bits per heavy atom. The van der Waals surface area contributed by atoms with Crippen LogP contribution >= 0.6 is 8.16 Å². The number of anilines is 1. The van der Waals surface area contributed by atoms with Crippen LogP contribution in [-0.4, -0.2) is 26.2 Å². The molecule has 6 rings (SSSR count). The Balaban J connectivity index is 0.000000526. The van der Waals surface area contributed by atoms with E-state index in [9.17, 15) is 21.0 Å². The number of benzene rings is 3. The topological polar surface area (TPSA) is 45.7 Å². The molecule has 0 saturated carbocycles. The first kappa shape index (κ1) is 32.1. The molecule has 0 radical (unpaired) electrons. The van der Waals surface area contributed by atoms with Crippen LogP contribution in [0.5, 0.6) is 0 Å². The maximum Gasteiger partial charge on any atom is -1.00 e. The summed E-state index contributed by atoms with van der Waals surface area (Å²) in [4.78, 5) is 2.32. The second kappa shape index (κ2) is 11.1. The van der Waals surface area contributed by atoms with Crippen molar-refractivity contribution in [1.82, 2.24) is 4.58 Å². The molecule has 0 bridgehead atoms. The number of halogens is 6. The van der Waals surface area contributed by atoms with Crippen molar-refractivity contribution in [1.29, 1.82) is 0 Å². The standard InChI is InChI=1S/C28H29N2O3.CH4.F5P.FH/c1-6-29(7-2)17-12-21-26-23(14-17)33-24-15-18(30(8-3)9-4)13-22-27(24)28(26)25-19(31-21)10-16(5)11-20(25)32-22;;1-6(2,3,4)5;/h10-15H,6-9H2,1-5H3;1H4;;1H/q+1;;;/p-1. The zero-order valence-corrected chi connectivity index (χ0v) is 23.5. The van der Waals surface area contributed by atoms with E-state index in [0.29, 0.717) is 0 Å². The van der Waals surface area contributed by atoms with Crippen LogP contribution < -0.4 is 19.5 Å². The molecule has 0 aliphatic heterocycles. The van der Waals surface area contributed by atoms with Crippen LogP contribution in [0.1, 0.15) is 40.7 Å². The van der Waals surface area contributed by atoms with Gasteiger partial charge in [0.1, 0.15) is 46.6 Å². The van der Waals surface area contributed by atoms with E-state index in [-0.39, 0.29) is 12.1 Å². The van der Waals surface area contributed by atoms with Gasteiger partial charge in [0, 0.05) is 36.3 Å². The monoisotopic (exact) mass is 602 g/mol. The molecule has 0 aliphatic carbocycles. The molecule has 224 valence electrons. The molecule has 3 aromatic heterocycles. The third kappa shape index (κ3) is 6.10. The van der Waals surface area contributed by atoms with Crippen molar-refractivity contribution in [2.24, 2.45) is 0 Å². The summed E-state index contributed by atoms with van der Waals surface area (Å²) >= 11 is 0.